The van der Waals surface area contributed by atoms with E-state index in [1.54, 1.807) is 23.9 Å². The number of rotatable bonds is 10. The maximum absolute atomic E-state index is 14.9. The lowest BCUT2D eigenvalue weighted by atomic mass is 9.63. The van der Waals surface area contributed by atoms with E-state index in [1.165, 1.54) is 25.3 Å². The minimum absolute atomic E-state index is 0. The van der Waals surface area contributed by atoms with Crippen LogP contribution in [0.25, 0.3) is 5.69 Å². The number of carbonyl (C=O) groups is 1. The van der Waals surface area contributed by atoms with Crippen molar-refractivity contribution in [2.24, 2.45) is 11.3 Å². The van der Waals surface area contributed by atoms with Gasteiger partial charge in [0, 0.05) is 24.6 Å². The average molecular weight is 541 g/mol. The third kappa shape index (κ3) is 5.06. The molecule has 1 spiro atoms. The second kappa shape index (κ2) is 10.5. The molecule has 1 N–H and O–H groups in total. The second-order valence-electron chi connectivity index (χ2n) is 10.7. The summed E-state index contributed by atoms with van der Waals surface area (Å²) >= 11 is 0. The highest BCUT2D eigenvalue weighted by molar-refractivity contribution is 7.59. The third-order valence-electron chi connectivity index (χ3n) is 8.11. The average Bonchev–Trinajstić information content (AvgIpc) is 3.60. The summed E-state index contributed by atoms with van der Waals surface area (Å²) in [5.41, 5.74) is 2.26. The first-order valence-corrected chi connectivity index (χ1v) is 12.9. The number of ether oxygens (including phenoxy) is 2. The van der Waals surface area contributed by atoms with Crippen molar-refractivity contribution in [3.05, 3.63) is 59.5 Å². The summed E-state index contributed by atoms with van der Waals surface area (Å²) in [6.45, 7) is 1.96. The molecule has 0 unspecified atom stereocenters. The number of hydrogen-bond donors (Lipinski definition) is 1. The number of carboxylic acid groups (broad SMARTS) is 1. The molecule has 3 fully saturated rings. The van der Waals surface area contributed by atoms with Crippen molar-refractivity contribution in [1.29, 1.82) is 0 Å². The third-order valence-corrected chi connectivity index (χ3v) is 8.11. The molecule has 2 aliphatic carbocycles. The zero-order valence-corrected chi connectivity index (χ0v) is 22.4. The lowest BCUT2D eigenvalue weighted by Crippen LogP contribution is -2.60. The molecule has 202 valence electrons. The monoisotopic (exact) mass is 540 g/mol. The number of methoxy groups -OCH3 is 1. The molecule has 1 aliphatic heterocycles. The van der Waals surface area contributed by atoms with Crippen LogP contribution >= 0.6 is 13.5 Å². The fourth-order valence-corrected chi connectivity index (χ4v) is 5.80. The van der Waals surface area contributed by atoms with Crippen molar-refractivity contribution in [2.75, 3.05) is 25.1 Å². The van der Waals surface area contributed by atoms with Gasteiger partial charge in [-0.2, -0.15) is 18.2 Å². The highest BCUT2D eigenvalue weighted by atomic mass is 32.1. The minimum atomic E-state index is -0.784. The summed E-state index contributed by atoms with van der Waals surface area (Å²) in [6.07, 6.45) is 5.94. The van der Waals surface area contributed by atoms with Crippen LogP contribution in [0.15, 0.2) is 42.5 Å². The van der Waals surface area contributed by atoms with E-state index in [0.29, 0.717) is 28.5 Å². The van der Waals surface area contributed by atoms with Gasteiger partial charge in [0.25, 0.3) is 0 Å². The fourth-order valence-electron chi connectivity index (χ4n) is 5.80. The Morgan fingerprint density at radius 1 is 1.18 bits per heavy atom. The Bertz CT molecular complexity index is 1320. The molecule has 38 heavy (non-hydrogen) atoms. The molecule has 1 aromatic heterocycles. The van der Waals surface area contributed by atoms with Crippen LogP contribution in [0.5, 0.6) is 11.5 Å². The van der Waals surface area contributed by atoms with Crippen LogP contribution < -0.4 is 14.4 Å². The highest BCUT2D eigenvalue weighted by Gasteiger charge is 2.49. The second-order valence-corrected chi connectivity index (χ2v) is 10.7. The fraction of sp³-hybridized carbons (Fsp3) is 0.464. The van der Waals surface area contributed by atoms with Gasteiger partial charge in [-0.1, -0.05) is 23.8 Å². The van der Waals surface area contributed by atoms with Crippen LogP contribution in [0.2, 0.25) is 0 Å². The summed E-state index contributed by atoms with van der Waals surface area (Å²) in [7, 11) is 1.55. The molecule has 2 heterocycles. The lowest BCUT2D eigenvalue weighted by Gasteiger charge is -2.56. The van der Waals surface area contributed by atoms with Gasteiger partial charge in [-0.05, 0) is 67.3 Å². The Balaban J connectivity index is 0.00000294. The normalized spacial score (nSPS) is 18.2. The van der Waals surface area contributed by atoms with Crippen molar-refractivity contribution in [1.82, 2.24) is 15.0 Å². The SMILES string of the molecule is COc1ccc(F)c(-n2nnc(COc3cccc([C@@H](CC(=O)O)C4CC4)c3)c2N2CC3(CCC3)C2)c1.S. The van der Waals surface area contributed by atoms with E-state index in [1.807, 2.05) is 24.3 Å². The van der Waals surface area contributed by atoms with E-state index in [0.717, 1.165) is 37.3 Å². The number of hydrogen-bond acceptors (Lipinski definition) is 6. The molecule has 1 saturated heterocycles. The maximum atomic E-state index is 14.9. The number of aliphatic carboxylic acids is 1. The zero-order valence-electron chi connectivity index (χ0n) is 21.4. The molecule has 10 heteroatoms. The highest BCUT2D eigenvalue weighted by Crippen LogP contribution is 2.50. The Morgan fingerprint density at radius 3 is 2.63 bits per heavy atom. The van der Waals surface area contributed by atoms with E-state index in [2.05, 4.69) is 15.2 Å². The first-order chi connectivity index (χ1) is 17.9. The molecule has 6 rings (SSSR count). The number of nitrogens with zero attached hydrogens (tertiary/aromatic N) is 4. The molecule has 2 aromatic carbocycles. The number of halogens is 1. The molecule has 0 bridgehead atoms. The van der Waals surface area contributed by atoms with Crippen molar-refractivity contribution < 1.29 is 23.8 Å². The van der Waals surface area contributed by atoms with Crippen LogP contribution in [0.4, 0.5) is 10.2 Å². The lowest BCUT2D eigenvalue weighted by molar-refractivity contribution is -0.137. The van der Waals surface area contributed by atoms with Gasteiger partial charge < -0.3 is 19.5 Å². The number of carboxylic acids is 1. The Labute approximate surface area is 228 Å². The number of anilines is 1. The summed E-state index contributed by atoms with van der Waals surface area (Å²) in [6, 6.07) is 12.3. The first kappa shape index (κ1) is 26.3. The smallest absolute Gasteiger partial charge is 0.303 e. The van der Waals surface area contributed by atoms with Gasteiger partial charge in [-0.15, -0.1) is 5.10 Å². The van der Waals surface area contributed by atoms with E-state index in [4.69, 9.17) is 9.47 Å². The molecule has 8 nitrogen and oxygen atoms in total. The van der Waals surface area contributed by atoms with Crippen LogP contribution in [0, 0.1) is 17.2 Å². The topological polar surface area (TPSA) is 89.7 Å². The van der Waals surface area contributed by atoms with E-state index in [9.17, 15) is 14.3 Å². The summed E-state index contributed by atoms with van der Waals surface area (Å²) in [5.74, 6) is 1.15. The largest absolute Gasteiger partial charge is 0.497 e. The summed E-state index contributed by atoms with van der Waals surface area (Å²) < 4.78 is 27.9. The molecular weight excluding hydrogens is 507 g/mol. The van der Waals surface area contributed by atoms with Gasteiger partial charge in [-0.3, -0.25) is 4.79 Å². The molecule has 0 radical (unpaired) electrons. The van der Waals surface area contributed by atoms with Crippen LogP contribution in [0.1, 0.15) is 55.7 Å². The van der Waals surface area contributed by atoms with Crippen molar-refractivity contribution in [2.45, 2.75) is 51.0 Å². The molecule has 3 aliphatic rings. The molecule has 0 amide bonds. The number of benzene rings is 2. The summed E-state index contributed by atoms with van der Waals surface area (Å²) in [5, 5.41) is 18.1. The van der Waals surface area contributed by atoms with Gasteiger partial charge in [0.05, 0.1) is 13.5 Å². The van der Waals surface area contributed by atoms with Gasteiger partial charge in [0.1, 0.15) is 35.3 Å². The van der Waals surface area contributed by atoms with Gasteiger partial charge in [-0.25, -0.2) is 4.39 Å². The Morgan fingerprint density at radius 2 is 1.97 bits per heavy atom. The first-order valence-electron chi connectivity index (χ1n) is 12.9. The zero-order chi connectivity index (χ0) is 25.6. The Kier molecular flexibility index (Phi) is 7.26. The van der Waals surface area contributed by atoms with Gasteiger partial charge in [0.2, 0.25) is 0 Å². The van der Waals surface area contributed by atoms with Crippen LogP contribution in [0.3, 0.4) is 0 Å². The number of aromatic nitrogens is 3. The molecular formula is C28H33FN4O4S. The molecule has 1 atom stereocenters. The van der Waals surface area contributed by atoms with Crippen molar-refractivity contribution >= 4 is 25.3 Å². The quantitative estimate of drug-likeness (QED) is 0.384. The molecule has 2 saturated carbocycles. The Hall–Kier alpha value is -3.27. The van der Waals surface area contributed by atoms with E-state index < -0.39 is 11.8 Å². The predicted molar refractivity (Wildman–Crippen MR) is 145 cm³/mol. The molecule has 3 aromatic rings. The van der Waals surface area contributed by atoms with Crippen molar-refractivity contribution in [3.8, 4) is 17.2 Å². The van der Waals surface area contributed by atoms with Gasteiger partial charge in [0.15, 0.2) is 5.82 Å². The van der Waals surface area contributed by atoms with E-state index >= 15 is 0 Å². The van der Waals surface area contributed by atoms with Crippen LogP contribution in [-0.4, -0.2) is 46.3 Å². The van der Waals surface area contributed by atoms with Crippen molar-refractivity contribution in [3.63, 3.8) is 0 Å². The minimum Gasteiger partial charge on any atom is -0.497 e. The maximum Gasteiger partial charge on any atom is 0.303 e. The predicted octanol–water partition coefficient (Wildman–Crippen LogP) is 5.07. The van der Waals surface area contributed by atoms with Gasteiger partial charge >= 0.3 is 5.97 Å². The summed E-state index contributed by atoms with van der Waals surface area (Å²) in [4.78, 5) is 13.6. The standard InChI is InChI=1S/C28H31FN4O4.H2S/c1-36-20-8-9-23(29)25(13-20)33-27(32-16-28(17-32)10-3-11-28)24(30-31-33)15-37-21-5-2-4-19(12-21)22(14-26(34)35)18-6-7-18;/h2,4-5,8-9,12-13,18,22H,3,6-7,10-11,14-17H2,1H3,(H,34,35);1H2/t22-;/m0./s1. The van der Waals surface area contributed by atoms with Crippen LogP contribution in [-0.2, 0) is 11.4 Å². The van der Waals surface area contributed by atoms with E-state index in [-0.39, 0.29) is 38.1 Å².